The third-order valence-corrected chi connectivity index (χ3v) is 5.49. The third-order valence-electron chi connectivity index (χ3n) is 4.65. The van der Waals surface area contributed by atoms with Crippen molar-refractivity contribution >= 4 is 33.2 Å². The highest BCUT2D eigenvalue weighted by atomic mass is 32.3. The van der Waals surface area contributed by atoms with Gasteiger partial charge in [0.05, 0.1) is 22.9 Å². The van der Waals surface area contributed by atoms with Crippen LogP contribution in [0.5, 0.6) is 0 Å². The molecule has 1 saturated heterocycles. The molecule has 3 atom stereocenters. The Balaban J connectivity index is 1.41. The molecule has 0 radical (unpaired) electrons. The Hall–Kier alpha value is -3.16. The number of benzene rings is 1. The van der Waals surface area contributed by atoms with E-state index in [4.69, 9.17) is 15.2 Å². The van der Waals surface area contributed by atoms with Crippen molar-refractivity contribution < 1.29 is 31.7 Å². The predicted molar refractivity (Wildman–Crippen MR) is 99.3 cm³/mol. The fourth-order valence-corrected chi connectivity index (χ4v) is 3.57. The fourth-order valence-electron chi connectivity index (χ4n) is 3.11. The second-order valence-corrected chi connectivity index (χ2v) is 7.92. The lowest BCUT2D eigenvalue weighted by atomic mass is 10.2. The first-order chi connectivity index (χ1) is 14.2. The fraction of sp³-hybridized carbons (Fsp3) is 0.294. The Morgan fingerprint density at radius 1 is 1.30 bits per heavy atom. The van der Waals surface area contributed by atoms with Gasteiger partial charge in [-0.1, -0.05) is 0 Å². The van der Waals surface area contributed by atoms with E-state index in [2.05, 4.69) is 15.0 Å². The third kappa shape index (κ3) is 3.81. The van der Waals surface area contributed by atoms with Gasteiger partial charge in [-0.05, 0) is 24.3 Å². The summed E-state index contributed by atoms with van der Waals surface area (Å²) in [7, 11) is -4.85. The lowest BCUT2D eigenvalue weighted by Gasteiger charge is -2.16. The van der Waals surface area contributed by atoms with Gasteiger partial charge in [0.15, 0.2) is 11.5 Å². The van der Waals surface area contributed by atoms with Crippen LogP contribution >= 0.6 is 0 Å². The number of esters is 1. The molecule has 3 unspecified atom stereocenters. The number of nitrogens with zero attached hydrogens (tertiary/aromatic N) is 4. The van der Waals surface area contributed by atoms with Crippen LogP contribution in [0.1, 0.15) is 23.0 Å². The molecular weight excluding hydrogens is 421 g/mol. The number of nitrogens with two attached hydrogens (primary N) is 1. The maximum Gasteiger partial charge on any atom is 0.338 e. The number of aliphatic hydroxyl groups is 1. The molecule has 0 amide bonds. The van der Waals surface area contributed by atoms with Crippen LogP contribution < -0.4 is 5.73 Å². The molecule has 4 rings (SSSR count). The van der Waals surface area contributed by atoms with Crippen LogP contribution in [-0.4, -0.2) is 57.8 Å². The molecule has 158 valence electrons. The van der Waals surface area contributed by atoms with E-state index in [0.29, 0.717) is 11.2 Å². The lowest BCUT2D eigenvalue weighted by Crippen LogP contribution is -2.28. The normalized spacial score (nSPS) is 21.7. The van der Waals surface area contributed by atoms with E-state index in [0.717, 1.165) is 24.3 Å². The topological polar surface area (TPSA) is 160 Å². The summed E-state index contributed by atoms with van der Waals surface area (Å²) in [4.78, 5) is 23.7. The minimum Gasteiger partial charge on any atom is -0.459 e. The first kappa shape index (κ1) is 20.1. The minimum absolute atomic E-state index is 0.0271. The van der Waals surface area contributed by atoms with Crippen LogP contribution in [-0.2, 0) is 19.7 Å². The number of nitrogen functional groups attached to an aromatic ring is 1. The Labute approximate surface area is 169 Å². The summed E-state index contributed by atoms with van der Waals surface area (Å²) in [6.45, 7) is -0.247. The predicted octanol–water partition coefficient (Wildman–Crippen LogP) is 0.572. The number of carbonyl (C=O) groups excluding carboxylic acids is 1. The number of halogens is 1. The first-order valence-corrected chi connectivity index (χ1v) is 10.1. The van der Waals surface area contributed by atoms with Gasteiger partial charge in [-0.25, -0.2) is 19.7 Å². The second kappa shape index (κ2) is 7.59. The average Bonchev–Trinajstić information content (AvgIpc) is 3.30. The highest BCUT2D eigenvalue weighted by Gasteiger charge is 2.36. The molecule has 13 heteroatoms. The number of anilines is 1. The summed E-state index contributed by atoms with van der Waals surface area (Å²) in [6, 6.07) is 4.18. The summed E-state index contributed by atoms with van der Waals surface area (Å²) in [6.07, 6.45) is 0.652. The number of aromatic nitrogens is 4. The van der Waals surface area contributed by atoms with Crippen molar-refractivity contribution in [3.63, 3.8) is 0 Å². The van der Waals surface area contributed by atoms with Crippen LogP contribution in [0.25, 0.3) is 11.2 Å². The van der Waals surface area contributed by atoms with Gasteiger partial charge in [0, 0.05) is 6.42 Å². The summed E-state index contributed by atoms with van der Waals surface area (Å²) in [5, 5.41) is 10.3. The molecule has 0 bridgehead atoms. The van der Waals surface area contributed by atoms with E-state index in [1.54, 1.807) is 4.57 Å². The summed E-state index contributed by atoms with van der Waals surface area (Å²) in [5.74, 6) is -0.556. The Morgan fingerprint density at radius 3 is 2.73 bits per heavy atom. The van der Waals surface area contributed by atoms with E-state index in [-0.39, 0.29) is 24.4 Å². The van der Waals surface area contributed by atoms with Crippen molar-refractivity contribution in [1.82, 2.24) is 19.5 Å². The molecule has 30 heavy (non-hydrogen) atoms. The summed E-state index contributed by atoms with van der Waals surface area (Å²) < 4.78 is 47.1. The van der Waals surface area contributed by atoms with Crippen LogP contribution in [0.3, 0.4) is 0 Å². The Kier molecular flexibility index (Phi) is 5.09. The number of carbonyl (C=O) groups is 1. The largest absolute Gasteiger partial charge is 0.459 e. The van der Waals surface area contributed by atoms with Gasteiger partial charge in [-0.2, -0.15) is 8.42 Å². The molecular formula is C17H16FN5O6S. The van der Waals surface area contributed by atoms with Crippen molar-refractivity contribution in [2.45, 2.75) is 29.8 Å². The minimum atomic E-state index is -4.85. The lowest BCUT2D eigenvalue weighted by molar-refractivity contribution is -0.0509. The van der Waals surface area contributed by atoms with Gasteiger partial charge in [0.1, 0.15) is 30.8 Å². The van der Waals surface area contributed by atoms with Gasteiger partial charge in [-0.3, -0.25) is 4.57 Å². The van der Waals surface area contributed by atoms with Crippen molar-refractivity contribution in [1.29, 1.82) is 0 Å². The zero-order valence-electron chi connectivity index (χ0n) is 15.3. The number of hydrogen-bond acceptors (Lipinski definition) is 10. The van der Waals surface area contributed by atoms with Crippen LogP contribution in [0.2, 0.25) is 0 Å². The van der Waals surface area contributed by atoms with Crippen molar-refractivity contribution in [2.75, 3.05) is 12.3 Å². The van der Waals surface area contributed by atoms with Crippen LogP contribution in [0.15, 0.2) is 41.8 Å². The maximum atomic E-state index is 12.9. The number of imidazole rings is 1. The molecule has 1 fully saturated rings. The number of ether oxygens (including phenoxy) is 2. The van der Waals surface area contributed by atoms with Gasteiger partial charge in [0.2, 0.25) is 0 Å². The molecule has 0 aliphatic carbocycles. The highest BCUT2D eigenvalue weighted by molar-refractivity contribution is 7.86. The number of rotatable bonds is 5. The zero-order valence-corrected chi connectivity index (χ0v) is 16.1. The molecule has 11 nitrogen and oxygen atoms in total. The second-order valence-electron chi connectivity index (χ2n) is 6.58. The van der Waals surface area contributed by atoms with Gasteiger partial charge < -0.3 is 20.3 Å². The van der Waals surface area contributed by atoms with E-state index < -0.39 is 39.5 Å². The maximum absolute atomic E-state index is 12.9. The summed E-state index contributed by atoms with van der Waals surface area (Å²) in [5.41, 5.74) is 6.64. The van der Waals surface area contributed by atoms with E-state index >= 15 is 0 Å². The molecule has 1 aliphatic rings. The van der Waals surface area contributed by atoms with Crippen molar-refractivity contribution in [2.24, 2.45) is 0 Å². The van der Waals surface area contributed by atoms with E-state index in [1.807, 2.05) is 0 Å². The number of fused-ring (bicyclic) bond motifs is 1. The Bertz CT molecular complexity index is 1200. The molecule has 2 aromatic heterocycles. The quantitative estimate of drug-likeness (QED) is 0.427. The van der Waals surface area contributed by atoms with Gasteiger partial charge in [0.25, 0.3) is 0 Å². The van der Waals surface area contributed by atoms with E-state index in [9.17, 15) is 22.2 Å². The van der Waals surface area contributed by atoms with Crippen LogP contribution in [0.4, 0.5) is 9.70 Å². The molecule has 3 aromatic rings. The molecule has 3 heterocycles. The zero-order chi connectivity index (χ0) is 21.5. The van der Waals surface area contributed by atoms with Crippen molar-refractivity contribution in [3.05, 3.63) is 42.5 Å². The van der Waals surface area contributed by atoms with E-state index in [1.165, 1.54) is 12.7 Å². The first-order valence-electron chi connectivity index (χ1n) is 8.72. The molecule has 1 aromatic carbocycles. The van der Waals surface area contributed by atoms with Crippen LogP contribution in [0, 0.1) is 0 Å². The van der Waals surface area contributed by atoms with Crippen molar-refractivity contribution in [3.8, 4) is 0 Å². The highest BCUT2D eigenvalue weighted by Crippen LogP contribution is 2.31. The number of hydrogen-bond donors (Lipinski definition) is 2. The molecule has 0 spiro atoms. The van der Waals surface area contributed by atoms with Gasteiger partial charge >= 0.3 is 16.2 Å². The summed E-state index contributed by atoms with van der Waals surface area (Å²) >= 11 is 0. The monoisotopic (exact) mass is 437 g/mol. The molecule has 0 saturated carbocycles. The molecule has 1 aliphatic heterocycles. The average molecular weight is 437 g/mol. The van der Waals surface area contributed by atoms with Gasteiger partial charge in [-0.15, -0.1) is 3.89 Å². The Morgan fingerprint density at radius 2 is 2.03 bits per heavy atom. The number of aliphatic hydroxyl groups excluding tert-OH is 1. The smallest absolute Gasteiger partial charge is 0.338 e. The standard InChI is InChI=1S/C17H16FN5O6S/c18-30(26,27)10-3-1-9(2-4-10)17(25)28-6-12-11(24)5-13(29-12)23-8-22-14-15(19)20-7-21-16(14)23/h1-4,7-8,11-13,24H,5-6H2,(H2,19,20,21). The SMILES string of the molecule is Nc1ncnc2c1ncn2C1CC(O)C(COC(=O)c2ccc(S(=O)(=O)F)cc2)O1. The molecule has 3 N–H and O–H groups in total.